The highest BCUT2D eigenvalue weighted by Gasteiger charge is 2.26. The fourth-order valence-electron chi connectivity index (χ4n) is 1.23. The third kappa shape index (κ3) is 3.67. The van der Waals surface area contributed by atoms with Gasteiger partial charge in [-0.3, -0.25) is 5.14 Å². The van der Waals surface area contributed by atoms with Gasteiger partial charge in [-0.25, -0.2) is 0 Å². The predicted molar refractivity (Wildman–Crippen MR) is 65.6 cm³/mol. The average Bonchev–Trinajstić information content (AvgIpc) is 2.28. The largest absolute Gasteiger partial charge is 0.324 e. The third-order valence-electron chi connectivity index (χ3n) is 2.05. The van der Waals surface area contributed by atoms with E-state index in [1.165, 1.54) is 0 Å². The van der Waals surface area contributed by atoms with Crippen molar-refractivity contribution in [1.29, 1.82) is 10.5 Å². The molecule has 0 bridgehead atoms. The van der Waals surface area contributed by atoms with Crippen LogP contribution in [-0.2, 0) is 0 Å². The number of thiocarbonyl (C=S) groups is 1. The van der Waals surface area contributed by atoms with Gasteiger partial charge in [-0.2, -0.15) is 10.5 Å². The summed E-state index contributed by atoms with van der Waals surface area (Å²) in [4.78, 5) is 1.62. The van der Waals surface area contributed by atoms with E-state index in [1.54, 1.807) is 4.90 Å². The summed E-state index contributed by atoms with van der Waals surface area (Å²) in [7, 11) is 0. The van der Waals surface area contributed by atoms with E-state index in [0.717, 1.165) is 11.9 Å². The van der Waals surface area contributed by atoms with Gasteiger partial charge in [0.25, 0.3) is 0 Å². The van der Waals surface area contributed by atoms with Crippen LogP contribution < -0.4 is 5.14 Å². The Balaban J connectivity index is 4.97. The molecule has 15 heavy (non-hydrogen) atoms. The Labute approximate surface area is 100 Å². The zero-order valence-electron chi connectivity index (χ0n) is 8.80. The van der Waals surface area contributed by atoms with Crippen molar-refractivity contribution in [2.24, 2.45) is 5.14 Å². The van der Waals surface area contributed by atoms with Gasteiger partial charge in [-0.1, -0.05) is 26.1 Å². The van der Waals surface area contributed by atoms with E-state index in [4.69, 9.17) is 27.9 Å². The summed E-state index contributed by atoms with van der Waals surface area (Å²) in [6.07, 6.45) is 1.24. The Hall–Kier alpha value is -0.820. The molecule has 0 aliphatic heterocycles. The Morgan fingerprint density at radius 2 is 1.73 bits per heavy atom. The molecule has 0 aliphatic carbocycles. The van der Waals surface area contributed by atoms with Crippen LogP contribution in [-0.4, -0.2) is 21.3 Å². The highest BCUT2D eigenvalue weighted by Crippen LogP contribution is 2.16. The maximum absolute atomic E-state index is 8.97. The lowest BCUT2D eigenvalue weighted by Crippen LogP contribution is -2.44. The lowest BCUT2D eigenvalue weighted by atomic mass is 10.1. The van der Waals surface area contributed by atoms with Crippen LogP contribution >= 0.6 is 24.2 Å². The summed E-state index contributed by atoms with van der Waals surface area (Å²) < 4.78 is 0.400. The summed E-state index contributed by atoms with van der Waals surface area (Å²) in [6, 6.07) is 3.52. The van der Waals surface area contributed by atoms with E-state index in [0.29, 0.717) is 17.2 Å². The molecule has 0 saturated heterocycles. The van der Waals surface area contributed by atoms with E-state index < -0.39 is 0 Å². The molecule has 0 aromatic carbocycles. The van der Waals surface area contributed by atoms with Crippen molar-refractivity contribution >= 4 is 28.5 Å². The standard InChI is InChI=1S/C9H14N4S2/c1-3-7(5-10)13(9(14)15-12)8(4-2)6-11/h7-8H,3-4,12H2,1-2H3. The van der Waals surface area contributed by atoms with Crippen molar-refractivity contribution in [2.75, 3.05) is 0 Å². The Morgan fingerprint density at radius 3 is 1.93 bits per heavy atom. The first-order chi connectivity index (χ1) is 7.15. The van der Waals surface area contributed by atoms with Crippen LogP contribution in [0.3, 0.4) is 0 Å². The quantitative estimate of drug-likeness (QED) is 0.598. The number of nitrogens with two attached hydrogens (primary N) is 1. The first kappa shape index (κ1) is 14.2. The molecule has 0 aliphatic rings. The molecule has 0 spiro atoms. The van der Waals surface area contributed by atoms with Gasteiger partial charge < -0.3 is 4.90 Å². The number of hydrogen-bond acceptors (Lipinski definition) is 5. The topological polar surface area (TPSA) is 76.8 Å². The molecule has 0 fully saturated rings. The van der Waals surface area contributed by atoms with Gasteiger partial charge in [0, 0.05) is 0 Å². The highest BCUT2D eigenvalue weighted by atomic mass is 32.2. The van der Waals surface area contributed by atoms with Gasteiger partial charge in [0.1, 0.15) is 12.1 Å². The second-order valence-electron chi connectivity index (χ2n) is 2.90. The molecule has 6 heteroatoms. The van der Waals surface area contributed by atoms with Crippen molar-refractivity contribution < 1.29 is 0 Å². The maximum Gasteiger partial charge on any atom is 0.153 e. The second-order valence-corrected chi connectivity index (χ2v) is 4.16. The maximum atomic E-state index is 8.97. The van der Waals surface area contributed by atoms with Gasteiger partial charge in [0.15, 0.2) is 4.32 Å². The van der Waals surface area contributed by atoms with E-state index in [9.17, 15) is 0 Å². The molecular weight excluding hydrogens is 228 g/mol. The van der Waals surface area contributed by atoms with Gasteiger partial charge in [-0.05, 0) is 24.8 Å². The minimum absolute atomic E-state index is 0.377. The first-order valence-corrected chi connectivity index (χ1v) is 5.93. The SMILES string of the molecule is CCC(C#N)N(C(=S)SN)C(C#N)CC. The zero-order valence-corrected chi connectivity index (χ0v) is 10.4. The lowest BCUT2D eigenvalue weighted by Gasteiger charge is -2.31. The molecule has 0 amide bonds. The molecule has 0 radical (unpaired) electrons. The minimum atomic E-state index is -0.377. The van der Waals surface area contributed by atoms with Gasteiger partial charge in [0.05, 0.1) is 12.1 Å². The molecule has 0 saturated carbocycles. The molecular formula is C9H14N4S2. The summed E-state index contributed by atoms with van der Waals surface area (Å²) >= 11 is 5.96. The molecule has 82 valence electrons. The molecule has 2 atom stereocenters. The predicted octanol–water partition coefficient (Wildman–Crippen LogP) is 1.78. The lowest BCUT2D eigenvalue weighted by molar-refractivity contribution is 0.316. The Morgan fingerprint density at radius 1 is 1.33 bits per heavy atom. The monoisotopic (exact) mass is 242 g/mol. The van der Waals surface area contributed by atoms with Crippen molar-refractivity contribution in [3.8, 4) is 12.1 Å². The van der Waals surface area contributed by atoms with Crippen LogP contribution in [0.15, 0.2) is 0 Å². The molecule has 0 aromatic rings. The molecule has 0 rings (SSSR count). The van der Waals surface area contributed by atoms with Gasteiger partial charge in [0.2, 0.25) is 0 Å². The fourth-order valence-corrected chi connectivity index (χ4v) is 1.86. The van der Waals surface area contributed by atoms with Crippen LogP contribution in [0.1, 0.15) is 26.7 Å². The van der Waals surface area contributed by atoms with Gasteiger partial charge in [-0.15, -0.1) is 0 Å². The van der Waals surface area contributed by atoms with Crippen molar-refractivity contribution in [3.63, 3.8) is 0 Å². The highest BCUT2D eigenvalue weighted by molar-refractivity contribution is 8.21. The molecule has 2 unspecified atom stereocenters. The van der Waals surface area contributed by atoms with Crippen LogP contribution in [0.2, 0.25) is 0 Å². The van der Waals surface area contributed by atoms with Crippen LogP contribution in [0.5, 0.6) is 0 Å². The number of nitrogens with zero attached hydrogens (tertiary/aromatic N) is 3. The zero-order chi connectivity index (χ0) is 11.8. The summed E-state index contributed by atoms with van der Waals surface area (Å²) in [5.41, 5.74) is 0. The number of nitriles is 2. The summed E-state index contributed by atoms with van der Waals surface area (Å²) in [6.45, 7) is 3.77. The molecule has 4 nitrogen and oxygen atoms in total. The average molecular weight is 242 g/mol. The smallest absolute Gasteiger partial charge is 0.153 e. The van der Waals surface area contributed by atoms with Crippen molar-refractivity contribution in [1.82, 2.24) is 4.90 Å². The van der Waals surface area contributed by atoms with Gasteiger partial charge >= 0.3 is 0 Å². The van der Waals surface area contributed by atoms with Crippen LogP contribution in [0, 0.1) is 22.7 Å². The van der Waals surface area contributed by atoms with Crippen molar-refractivity contribution in [2.45, 2.75) is 38.8 Å². The molecule has 0 heterocycles. The summed E-state index contributed by atoms with van der Waals surface area (Å²) in [5.74, 6) is 0. The van der Waals surface area contributed by atoms with Crippen molar-refractivity contribution in [3.05, 3.63) is 0 Å². The number of hydrogen-bond donors (Lipinski definition) is 1. The van der Waals surface area contributed by atoms with E-state index in [-0.39, 0.29) is 12.1 Å². The third-order valence-corrected chi connectivity index (χ3v) is 2.97. The normalized spacial score (nSPS) is 13.4. The van der Waals surface area contributed by atoms with E-state index in [2.05, 4.69) is 12.1 Å². The molecule has 2 N–H and O–H groups in total. The Kier molecular flexibility index (Phi) is 7.06. The van der Waals surface area contributed by atoms with E-state index in [1.807, 2.05) is 13.8 Å². The number of rotatable bonds is 4. The second kappa shape index (κ2) is 7.47. The first-order valence-electron chi connectivity index (χ1n) is 4.64. The molecule has 0 aromatic heterocycles. The van der Waals surface area contributed by atoms with Crippen LogP contribution in [0.25, 0.3) is 0 Å². The minimum Gasteiger partial charge on any atom is -0.324 e. The fraction of sp³-hybridized carbons (Fsp3) is 0.667. The van der Waals surface area contributed by atoms with Crippen LogP contribution in [0.4, 0.5) is 0 Å². The summed E-state index contributed by atoms with van der Waals surface area (Å²) in [5, 5.41) is 23.3. The van der Waals surface area contributed by atoms with E-state index >= 15 is 0 Å². The Bertz CT molecular complexity index is 269.